The first kappa shape index (κ1) is 17.0. The first-order valence-corrected chi connectivity index (χ1v) is 8.98. The Kier molecular flexibility index (Phi) is 5.24. The number of benzene rings is 1. The van der Waals surface area contributed by atoms with E-state index in [9.17, 15) is 4.79 Å². The summed E-state index contributed by atoms with van der Waals surface area (Å²) in [6, 6.07) is 7.15. The third-order valence-electron chi connectivity index (χ3n) is 4.71. The Morgan fingerprint density at radius 2 is 1.92 bits per heavy atom. The molecule has 0 bridgehead atoms. The quantitative estimate of drug-likeness (QED) is 0.832. The van der Waals surface area contributed by atoms with E-state index in [2.05, 4.69) is 29.6 Å². The molecule has 24 heavy (non-hydrogen) atoms. The van der Waals surface area contributed by atoms with Crippen LogP contribution in [0.25, 0.3) is 0 Å². The van der Waals surface area contributed by atoms with Crippen LogP contribution >= 0.6 is 11.6 Å². The van der Waals surface area contributed by atoms with Crippen molar-refractivity contribution in [2.45, 2.75) is 39.2 Å². The predicted molar refractivity (Wildman–Crippen MR) is 96.4 cm³/mol. The molecule has 1 saturated heterocycles. The van der Waals surface area contributed by atoms with E-state index in [0.717, 1.165) is 43.9 Å². The van der Waals surface area contributed by atoms with Crippen LogP contribution < -0.4 is 0 Å². The zero-order chi connectivity index (χ0) is 17.1. The molecule has 128 valence electrons. The van der Waals surface area contributed by atoms with Gasteiger partial charge in [0.15, 0.2) is 0 Å². The minimum absolute atomic E-state index is 0.107. The molecule has 0 unspecified atom stereocenters. The number of likely N-dealkylation sites (tertiary alicyclic amines) is 1. The Labute approximate surface area is 148 Å². The highest BCUT2D eigenvalue weighted by Gasteiger charge is 2.24. The molecule has 0 radical (unpaired) electrons. The number of hydrogen-bond acceptors (Lipinski definition) is 2. The monoisotopic (exact) mass is 345 g/mol. The van der Waals surface area contributed by atoms with Crippen LogP contribution in [0.4, 0.5) is 0 Å². The largest absolute Gasteiger partial charge is 0.339 e. The van der Waals surface area contributed by atoms with Crippen molar-refractivity contribution in [3.05, 3.63) is 53.1 Å². The highest BCUT2D eigenvalue weighted by atomic mass is 35.5. The molecule has 5 heteroatoms. The van der Waals surface area contributed by atoms with Gasteiger partial charge in [-0.3, -0.25) is 4.79 Å². The molecule has 0 spiro atoms. The number of halogens is 1. The summed E-state index contributed by atoms with van der Waals surface area (Å²) in [5.74, 6) is 2.29. The zero-order valence-corrected chi connectivity index (χ0v) is 15.0. The van der Waals surface area contributed by atoms with Crippen molar-refractivity contribution < 1.29 is 4.79 Å². The maximum Gasteiger partial charge on any atom is 0.253 e. The molecule has 1 aliphatic rings. The molecule has 1 aliphatic heterocycles. The van der Waals surface area contributed by atoms with Gasteiger partial charge in [0.1, 0.15) is 5.82 Å². The maximum absolute atomic E-state index is 12.5. The molecule has 2 heterocycles. The maximum atomic E-state index is 12.5. The third kappa shape index (κ3) is 3.81. The van der Waals surface area contributed by atoms with Gasteiger partial charge in [0.2, 0.25) is 0 Å². The van der Waals surface area contributed by atoms with Gasteiger partial charge in [-0.25, -0.2) is 4.98 Å². The number of carbonyl (C=O) groups excluding carboxylic acids is 1. The normalized spacial score (nSPS) is 15.9. The van der Waals surface area contributed by atoms with Crippen LogP contribution in [0.3, 0.4) is 0 Å². The second-order valence-corrected chi connectivity index (χ2v) is 7.27. The minimum Gasteiger partial charge on any atom is -0.339 e. The lowest BCUT2D eigenvalue weighted by atomic mass is 9.96. The van der Waals surface area contributed by atoms with Crippen LogP contribution in [0.1, 0.15) is 48.8 Å². The van der Waals surface area contributed by atoms with Gasteiger partial charge in [0.05, 0.1) is 0 Å². The van der Waals surface area contributed by atoms with Gasteiger partial charge >= 0.3 is 0 Å². The number of carbonyl (C=O) groups is 1. The van der Waals surface area contributed by atoms with Gasteiger partial charge in [0, 0.05) is 48.5 Å². The second-order valence-electron chi connectivity index (χ2n) is 6.83. The molecular formula is C19H24ClN3O. The fourth-order valence-corrected chi connectivity index (χ4v) is 3.47. The lowest BCUT2D eigenvalue weighted by Crippen LogP contribution is -2.39. The molecule has 2 aromatic rings. The summed E-state index contributed by atoms with van der Waals surface area (Å²) in [6.45, 7) is 6.98. The Balaban J connectivity index is 1.56. The van der Waals surface area contributed by atoms with Crippen LogP contribution in [0.2, 0.25) is 5.02 Å². The first-order chi connectivity index (χ1) is 11.5. The van der Waals surface area contributed by atoms with E-state index < -0.39 is 0 Å². The highest BCUT2D eigenvalue weighted by Crippen LogP contribution is 2.23. The summed E-state index contributed by atoms with van der Waals surface area (Å²) in [6.07, 6.45) is 6.03. The third-order valence-corrected chi connectivity index (χ3v) is 4.96. The van der Waals surface area contributed by atoms with Crippen LogP contribution in [0.15, 0.2) is 36.7 Å². The number of amides is 1. The average Bonchev–Trinajstić information content (AvgIpc) is 3.04. The fraction of sp³-hybridized carbons (Fsp3) is 0.474. The van der Waals surface area contributed by atoms with Crippen molar-refractivity contribution in [1.29, 1.82) is 0 Å². The van der Waals surface area contributed by atoms with E-state index >= 15 is 0 Å². The summed E-state index contributed by atoms with van der Waals surface area (Å²) in [4.78, 5) is 19.0. The van der Waals surface area contributed by atoms with Crippen LogP contribution in [0.5, 0.6) is 0 Å². The molecule has 1 fully saturated rings. The number of piperidine rings is 1. The molecule has 4 nitrogen and oxygen atoms in total. The molecule has 0 atom stereocenters. The summed E-state index contributed by atoms with van der Waals surface area (Å²) < 4.78 is 2.27. The Morgan fingerprint density at radius 3 is 2.54 bits per heavy atom. The van der Waals surface area contributed by atoms with E-state index in [0.29, 0.717) is 16.9 Å². The van der Waals surface area contributed by atoms with Crippen molar-refractivity contribution in [1.82, 2.24) is 14.5 Å². The average molecular weight is 346 g/mol. The summed E-state index contributed by atoms with van der Waals surface area (Å²) in [5, 5.41) is 0.659. The van der Waals surface area contributed by atoms with E-state index in [4.69, 9.17) is 11.6 Å². The smallest absolute Gasteiger partial charge is 0.253 e. The van der Waals surface area contributed by atoms with Crippen molar-refractivity contribution >= 4 is 17.5 Å². The molecule has 1 amide bonds. The minimum atomic E-state index is 0.107. The zero-order valence-electron chi connectivity index (χ0n) is 14.3. The van der Waals surface area contributed by atoms with Gasteiger partial charge in [-0.2, -0.15) is 0 Å². The molecule has 0 N–H and O–H groups in total. The molecule has 1 aromatic heterocycles. The molecule has 0 aliphatic carbocycles. The topological polar surface area (TPSA) is 38.1 Å². The standard InChI is InChI=1S/C19H24ClN3O/c1-14(2)18-21-9-12-23(18)13-15-7-10-22(11-8-15)19(24)16-3-5-17(20)6-4-16/h3-6,9,12,14-15H,7-8,10-11,13H2,1-2H3. The Bertz CT molecular complexity index is 685. The number of nitrogens with zero attached hydrogens (tertiary/aromatic N) is 3. The molecular weight excluding hydrogens is 322 g/mol. The van der Waals surface area contributed by atoms with Gasteiger partial charge in [-0.05, 0) is 43.0 Å². The van der Waals surface area contributed by atoms with Crippen molar-refractivity contribution in [3.8, 4) is 0 Å². The summed E-state index contributed by atoms with van der Waals surface area (Å²) in [5.41, 5.74) is 0.717. The number of aromatic nitrogens is 2. The van der Waals surface area contributed by atoms with Gasteiger partial charge in [-0.1, -0.05) is 25.4 Å². The van der Waals surface area contributed by atoms with Gasteiger partial charge in [0.25, 0.3) is 5.91 Å². The van der Waals surface area contributed by atoms with Crippen molar-refractivity contribution in [3.63, 3.8) is 0 Å². The molecule has 1 aromatic carbocycles. The van der Waals surface area contributed by atoms with Crippen LogP contribution in [-0.2, 0) is 6.54 Å². The van der Waals surface area contributed by atoms with E-state index in [1.54, 1.807) is 24.3 Å². The fourth-order valence-electron chi connectivity index (χ4n) is 3.35. The van der Waals surface area contributed by atoms with E-state index in [-0.39, 0.29) is 5.91 Å². The van der Waals surface area contributed by atoms with Crippen molar-refractivity contribution in [2.24, 2.45) is 5.92 Å². The second kappa shape index (κ2) is 7.39. The van der Waals surface area contributed by atoms with Gasteiger partial charge in [-0.15, -0.1) is 0 Å². The number of rotatable bonds is 4. The lowest BCUT2D eigenvalue weighted by Gasteiger charge is -2.32. The first-order valence-electron chi connectivity index (χ1n) is 8.60. The van der Waals surface area contributed by atoms with Crippen LogP contribution in [-0.4, -0.2) is 33.4 Å². The van der Waals surface area contributed by atoms with Gasteiger partial charge < -0.3 is 9.47 Å². The Morgan fingerprint density at radius 1 is 1.25 bits per heavy atom. The van der Waals surface area contributed by atoms with Crippen LogP contribution in [0, 0.1) is 5.92 Å². The SMILES string of the molecule is CC(C)c1nccn1CC1CCN(C(=O)c2ccc(Cl)cc2)CC1. The van der Waals surface area contributed by atoms with E-state index in [1.807, 2.05) is 11.1 Å². The summed E-state index contributed by atoms with van der Waals surface area (Å²) >= 11 is 5.89. The Hall–Kier alpha value is -1.81. The highest BCUT2D eigenvalue weighted by molar-refractivity contribution is 6.30. The lowest BCUT2D eigenvalue weighted by molar-refractivity contribution is 0.0682. The molecule has 0 saturated carbocycles. The van der Waals surface area contributed by atoms with Crippen molar-refractivity contribution in [2.75, 3.05) is 13.1 Å². The number of hydrogen-bond donors (Lipinski definition) is 0. The summed E-state index contributed by atoms with van der Waals surface area (Å²) in [7, 11) is 0. The molecule has 3 rings (SSSR count). The predicted octanol–water partition coefficient (Wildman–Crippen LogP) is 4.21. The number of imidazole rings is 1. The van der Waals surface area contributed by atoms with E-state index in [1.165, 1.54) is 0 Å².